The number of sulfonamides is 1. The first-order valence-corrected chi connectivity index (χ1v) is 8.44. The third-order valence-corrected chi connectivity index (χ3v) is 4.81. The second kappa shape index (κ2) is 6.56. The molecule has 1 aliphatic heterocycles. The smallest absolute Gasteiger partial charge is 0.240 e. The molecule has 1 aromatic carbocycles. The van der Waals surface area contributed by atoms with E-state index in [2.05, 4.69) is 10.0 Å². The molecule has 0 aliphatic carbocycles. The van der Waals surface area contributed by atoms with Gasteiger partial charge in [-0.2, -0.15) is 0 Å². The molecule has 0 amide bonds. The van der Waals surface area contributed by atoms with Crippen LogP contribution in [-0.4, -0.2) is 33.7 Å². The van der Waals surface area contributed by atoms with Gasteiger partial charge in [-0.25, -0.2) is 13.1 Å². The Morgan fingerprint density at radius 2 is 2.05 bits per heavy atom. The third kappa shape index (κ3) is 4.19. The van der Waals surface area contributed by atoms with Crippen molar-refractivity contribution < 1.29 is 13.2 Å². The predicted molar refractivity (Wildman–Crippen MR) is 78.4 cm³/mol. The van der Waals surface area contributed by atoms with Crippen molar-refractivity contribution in [1.82, 2.24) is 10.0 Å². The van der Waals surface area contributed by atoms with Crippen LogP contribution in [0.1, 0.15) is 26.7 Å². The zero-order valence-corrected chi connectivity index (χ0v) is 12.7. The van der Waals surface area contributed by atoms with Crippen molar-refractivity contribution in [2.24, 2.45) is 0 Å². The summed E-state index contributed by atoms with van der Waals surface area (Å²) >= 11 is 0. The largest absolute Gasteiger partial charge is 0.492 e. The van der Waals surface area contributed by atoms with Crippen LogP contribution in [0.2, 0.25) is 0 Å². The van der Waals surface area contributed by atoms with Crippen molar-refractivity contribution in [2.75, 3.05) is 13.2 Å². The van der Waals surface area contributed by atoms with E-state index >= 15 is 0 Å². The Kier molecular flexibility index (Phi) is 5.01. The number of benzene rings is 1. The SMILES string of the molecule is CC(C)NS(=O)(=O)c1ccc(OCC2CCCN2)cc1. The highest BCUT2D eigenvalue weighted by Crippen LogP contribution is 2.17. The van der Waals surface area contributed by atoms with Crippen LogP contribution in [0.3, 0.4) is 0 Å². The Balaban J connectivity index is 1.95. The molecular formula is C14H22N2O3S. The van der Waals surface area contributed by atoms with Crippen LogP contribution in [0.5, 0.6) is 5.75 Å². The minimum absolute atomic E-state index is 0.121. The summed E-state index contributed by atoms with van der Waals surface area (Å²) in [7, 11) is -3.42. The lowest BCUT2D eigenvalue weighted by Gasteiger charge is -2.13. The van der Waals surface area contributed by atoms with Crippen LogP contribution >= 0.6 is 0 Å². The molecule has 0 radical (unpaired) electrons. The molecule has 2 rings (SSSR count). The Morgan fingerprint density at radius 1 is 1.35 bits per heavy atom. The molecule has 0 saturated carbocycles. The normalized spacial score (nSPS) is 19.4. The monoisotopic (exact) mass is 298 g/mol. The summed E-state index contributed by atoms with van der Waals surface area (Å²) in [5.41, 5.74) is 0. The molecule has 1 aromatic rings. The van der Waals surface area contributed by atoms with Crippen molar-refractivity contribution in [2.45, 2.75) is 43.7 Å². The fourth-order valence-corrected chi connectivity index (χ4v) is 3.44. The summed E-state index contributed by atoms with van der Waals surface area (Å²) in [5, 5.41) is 3.35. The van der Waals surface area contributed by atoms with Crippen molar-refractivity contribution in [3.8, 4) is 5.75 Å². The van der Waals surface area contributed by atoms with Gasteiger partial charge >= 0.3 is 0 Å². The quantitative estimate of drug-likeness (QED) is 0.835. The van der Waals surface area contributed by atoms with Crippen LogP contribution < -0.4 is 14.8 Å². The second-order valence-electron chi connectivity index (χ2n) is 5.35. The van der Waals surface area contributed by atoms with Crippen LogP contribution in [-0.2, 0) is 10.0 Å². The first-order chi connectivity index (χ1) is 9.47. The average Bonchev–Trinajstić information content (AvgIpc) is 2.88. The van der Waals surface area contributed by atoms with E-state index < -0.39 is 10.0 Å². The molecule has 1 atom stereocenters. The molecule has 1 saturated heterocycles. The van der Waals surface area contributed by atoms with E-state index in [1.807, 2.05) is 0 Å². The van der Waals surface area contributed by atoms with Crippen molar-refractivity contribution in [3.63, 3.8) is 0 Å². The maximum atomic E-state index is 12.0. The maximum Gasteiger partial charge on any atom is 0.240 e. The van der Waals surface area contributed by atoms with Crippen molar-refractivity contribution in [3.05, 3.63) is 24.3 Å². The number of hydrogen-bond donors (Lipinski definition) is 2. The standard InChI is InChI=1S/C14H22N2O3S/c1-11(2)16-20(17,18)14-7-5-13(6-8-14)19-10-12-4-3-9-15-12/h5-8,11-12,15-16H,3-4,9-10H2,1-2H3. The lowest BCUT2D eigenvalue weighted by molar-refractivity contribution is 0.277. The molecule has 1 aliphatic rings. The Morgan fingerprint density at radius 3 is 2.60 bits per heavy atom. The summed E-state index contributed by atoms with van der Waals surface area (Å²) in [6.07, 6.45) is 2.32. The van der Waals surface area contributed by atoms with E-state index in [4.69, 9.17) is 4.74 Å². The first-order valence-electron chi connectivity index (χ1n) is 6.96. The zero-order chi connectivity index (χ0) is 14.6. The Labute approximate surface area is 120 Å². The van der Waals surface area contributed by atoms with Gasteiger partial charge in [-0.1, -0.05) is 0 Å². The molecule has 0 bridgehead atoms. The predicted octanol–water partition coefficient (Wildman–Crippen LogP) is 1.50. The van der Waals surface area contributed by atoms with Gasteiger partial charge in [0.15, 0.2) is 0 Å². The maximum absolute atomic E-state index is 12.0. The molecule has 0 aromatic heterocycles. The van der Waals surface area contributed by atoms with Gasteiger partial charge in [-0.15, -0.1) is 0 Å². The molecule has 1 unspecified atom stereocenters. The van der Waals surface area contributed by atoms with Gasteiger partial charge < -0.3 is 10.1 Å². The molecule has 1 heterocycles. The molecule has 2 N–H and O–H groups in total. The highest BCUT2D eigenvalue weighted by molar-refractivity contribution is 7.89. The van der Waals surface area contributed by atoms with Crippen LogP contribution in [0.4, 0.5) is 0 Å². The van der Waals surface area contributed by atoms with Gasteiger partial charge in [0, 0.05) is 12.1 Å². The number of hydrogen-bond acceptors (Lipinski definition) is 4. The molecular weight excluding hydrogens is 276 g/mol. The topological polar surface area (TPSA) is 67.4 Å². The molecule has 1 fully saturated rings. The van der Waals surface area contributed by atoms with Gasteiger partial charge in [0.2, 0.25) is 10.0 Å². The minimum Gasteiger partial charge on any atom is -0.492 e. The lowest BCUT2D eigenvalue weighted by atomic mass is 10.2. The van der Waals surface area contributed by atoms with Crippen LogP contribution in [0, 0.1) is 0 Å². The Bertz CT molecular complexity index is 520. The highest BCUT2D eigenvalue weighted by atomic mass is 32.2. The van der Waals surface area contributed by atoms with Gasteiger partial charge in [-0.3, -0.25) is 0 Å². The minimum atomic E-state index is -3.42. The highest BCUT2D eigenvalue weighted by Gasteiger charge is 2.16. The number of nitrogens with one attached hydrogen (secondary N) is 2. The molecule has 6 heteroatoms. The lowest BCUT2D eigenvalue weighted by Crippen LogP contribution is -2.30. The van der Waals surface area contributed by atoms with Crippen molar-refractivity contribution in [1.29, 1.82) is 0 Å². The molecule has 20 heavy (non-hydrogen) atoms. The fraction of sp³-hybridized carbons (Fsp3) is 0.571. The summed E-state index contributed by atoms with van der Waals surface area (Å²) < 4.78 is 32.1. The van der Waals surface area contributed by atoms with Gasteiger partial charge in [0.05, 0.1) is 4.90 Å². The number of ether oxygens (including phenoxy) is 1. The van der Waals surface area contributed by atoms with E-state index in [0.717, 1.165) is 13.0 Å². The van der Waals surface area contributed by atoms with E-state index in [1.165, 1.54) is 6.42 Å². The van der Waals surface area contributed by atoms with Gasteiger partial charge in [-0.05, 0) is 57.5 Å². The number of rotatable bonds is 6. The second-order valence-corrected chi connectivity index (χ2v) is 7.07. The first kappa shape index (κ1) is 15.3. The molecule has 0 spiro atoms. The van der Waals surface area contributed by atoms with Crippen LogP contribution in [0.25, 0.3) is 0 Å². The van der Waals surface area contributed by atoms with E-state index in [-0.39, 0.29) is 10.9 Å². The zero-order valence-electron chi connectivity index (χ0n) is 11.9. The average molecular weight is 298 g/mol. The summed E-state index contributed by atoms with van der Waals surface area (Å²) in [5.74, 6) is 0.696. The molecule has 5 nitrogen and oxygen atoms in total. The van der Waals surface area contributed by atoms with E-state index in [9.17, 15) is 8.42 Å². The van der Waals surface area contributed by atoms with Crippen LogP contribution in [0.15, 0.2) is 29.2 Å². The van der Waals surface area contributed by atoms with Crippen molar-refractivity contribution >= 4 is 10.0 Å². The fourth-order valence-electron chi connectivity index (χ4n) is 2.19. The Hall–Kier alpha value is -1.11. The van der Waals surface area contributed by atoms with Gasteiger partial charge in [0.1, 0.15) is 12.4 Å². The summed E-state index contributed by atoms with van der Waals surface area (Å²) in [4.78, 5) is 0.262. The molecule has 112 valence electrons. The summed E-state index contributed by atoms with van der Waals surface area (Å²) in [6.45, 7) is 5.26. The summed E-state index contributed by atoms with van der Waals surface area (Å²) in [6, 6.07) is 6.82. The van der Waals surface area contributed by atoms with E-state index in [0.29, 0.717) is 18.4 Å². The van der Waals surface area contributed by atoms with E-state index in [1.54, 1.807) is 38.1 Å². The third-order valence-electron chi connectivity index (χ3n) is 3.14. The van der Waals surface area contributed by atoms with Gasteiger partial charge in [0.25, 0.3) is 0 Å².